The van der Waals surface area contributed by atoms with E-state index in [1.165, 1.54) is 21.1 Å². The van der Waals surface area contributed by atoms with Gasteiger partial charge in [-0.25, -0.2) is 4.79 Å². The lowest BCUT2D eigenvalue weighted by atomic mass is 10.3. The maximum Gasteiger partial charge on any atom is 0.439 e. The number of hydrogen-bond acceptors (Lipinski definition) is 4. The number of nitrogens with one attached hydrogen (secondary N) is 1. The van der Waals surface area contributed by atoms with Crippen LogP contribution in [0.1, 0.15) is 6.92 Å². The van der Waals surface area contributed by atoms with E-state index in [1.54, 1.807) is 24.3 Å². The molecule has 0 aromatic heterocycles. The van der Waals surface area contributed by atoms with Gasteiger partial charge in [0.05, 0.1) is 7.11 Å². The molecule has 1 rings (SSSR count). The standard InChI is InChI=1S/C11H14N2O4/c1-8(14)12-9-5-4-6-10(7-9)17-11(15)13(2)16-3/h4-7H,1-3H3,(H,12,14). The van der Waals surface area contributed by atoms with Crippen LogP contribution in [0.15, 0.2) is 24.3 Å². The van der Waals surface area contributed by atoms with Crippen LogP contribution < -0.4 is 10.1 Å². The molecule has 92 valence electrons. The predicted octanol–water partition coefficient (Wildman–Crippen LogP) is 1.64. The van der Waals surface area contributed by atoms with Crippen molar-refractivity contribution in [3.8, 4) is 5.75 Å². The minimum absolute atomic E-state index is 0.192. The lowest BCUT2D eigenvalue weighted by Gasteiger charge is -2.13. The van der Waals surface area contributed by atoms with E-state index in [-0.39, 0.29) is 5.91 Å². The van der Waals surface area contributed by atoms with Crippen LogP contribution in [0, 0.1) is 0 Å². The molecule has 2 amide bonds. The van der Waals surface area contributed by atoms with E-state index < -0.39 is 6.09 Å². The number of benzene rings is 1. The van der Waals surface area contributed by atoms with Gasteiger partial charge in [-0.2, -0.15) is 5.06 Å². The zero-order valence-electron chi connectivity index (χ0n) is 9.89. The van der Waals surface area contributed by atoms with E-state index in [9.17, 15) is 9.59 Å². The third-order valence-corrected chi connectivity index (χ3v) is 1.89. The third-order valence-electron chi connectivity index (χ3n) is 1.89. The largest absolute Gasteiger partial charge is 0.439 e. The van der Waals surface area contributed by atoms with Gasteiger partial charge in [0, 0.05) is 25.7 Å². The van der Waals surface area contributed by atoms with Crippen LogP contribution >= 0.6 is 0 Å². The molecule has 6 heteroatoms. The van der Waals surface area contributed by atoms with Gasteiger partial charge in [-0.15, -0.1) is 0 Å². The van der Waals surface area contributed by atoms with Gasteiger partial charge < -0.3 is 10.1 Å². The lowest BCUT2D eigenvalue weighted by molar-refractivity contribution is -0.114. The maximum atomic E-state index is 11.4. The average molecular weight is 238 g/mol. The van der Waals surface area contributed by atoms with Gasteiger partial charge >= 0.3 is 6.09 Å². The van der Waals surface area contributed by atoms with Crippen molar-refractivity contribution in [1.29, 1.82) is 0 Å². The van der Waals surface area contributed by atoms with Crippen molar-refractivity contribution >= 4 is 17.7 Å². The summed E-state index contributed by atoms with van der Waals surface area (Å²) in [6, 6.07) is 6.51. The number of nitrogens with zero attached hydrogens (tertiary/aromatic N) is 1. The van der Waals surface area contributed by atoms with Crippen molar-refractivity contribution in [2.45, 2.75) is 6.92 Å². The van der Waals surface area contributed by atoms with Crippen molar-refractivity contribution < 1.29 is 19.2 Å². The van der Waals surface area contributed by atoms with Crippen molar-refractivity contribution in [1.82, 2.24) is 5.06 Å². The summed E-state index contributed by atoms with van der Waals surface area (Å²) in [4.78, 5) is 26.9. The molecular formula is C11H14N2O4. The molecule has 0 saturated carbocycles. The molecule has 0 atom stereocenters. The quantitative estimate of drug-likeness (QED) is 0.813. The smallest absolute Gasteiger partial charge is 0.409 e. The van der Waals surface area contributed by atoms with E-state index in [0.717, 1.165) is 5.06 Å². The highest BCUT2D eigenvalue weighted by Gasteiger charge is 2.10. The van der Waals surface area contributed by atoms with Gasteiger partial charge in [-0.1, -0.05) is 6.07 Å². The van der Waals surface area contributed by atoms with E-state index in [2.05, 4.69) is 10.2 Å². The minimum atomic E-state index is -0.646. The summed E-state index contributed by atoms with van der Waals surface area (Å²) < 4.78 is 5.00. The van der Waals surface area contributed by atoms with Crippen molar-refractivity contribution in [3.05, 3.63) is 24.3 Å². The van der Waals surface area contributed by atoms with Gasteiger partial charge in [0.15, 0.2) is 0 Å². The molecule has 0 radical (unpaired) electrons. The summed E-state index contributed by atoms with van der Waals surface area (Å²) in [6.07, 6.45) is -0.646. The second kappa shape index (κ2) is 5.86. The van der Waals surface area contributed by atoms with Crippen LogP contribution in [0.4, 0.5) is 10.5 Å². The van der Waals surface area contributed by atoms with Crippen LogP contribution in [-0.2, 0) is 9.63 Å². The Labute approximate surface area is 99.1 Å². The molecular weight excluding hydrogens is 224 g/mol. The van der Waals surface area contributed by atoms with Crippen molar-refractivity contribution in [2.24, 2.45) is 0 Å². The van der Waals surface area contributed by atoms with Crippen LogP contribution in [0.2, 0.25) is 0 Å². The number of ether oxygens (including phenoxy) is 1. The van der Waals surface area contributed by atoms with E-state index in [0.29, 0.717) is 11.4 Å². The highest BCUT2D eigenvalue weighted by atomic mass is 16.7. The molecule has 6 nitrogen and oxygen atoms in total. The topological polar surface area (TPSA) is 67.9 Å². The van der Waals surface area contributed by atoms with Crippen LogP contribution in [0.3, 0.4) is 0 Å². The molecule has 0 bridgehead atoms. The number of hydroxylamine groups is 2. The summed E-state index contributed by atoms with van der Waals surface area (Å²) in [5.41, 5.74) is 0.558. The Bertz CT molecular complexity index is 420. The summed E-state index contributed by atoms with van der Waals surface area (Å²) >= 11 is 0. The van der Waals surface area contributed by atoms with E-state index in [1.807, 2.05) is 0 Å². The first kappa shape index (κ1) is 13.0. The van der Waals surface area contributed by atoms with E-state index in [4.69, 9.17) is 4.74 Å². The molecule has 0 aliphatic rings. The first-order valence-corrected chi connectivity index (χ1v) is 4.90. The Morgan fingerprint density at radius 2 is 2.06 bits per heavy atom. The van der Waals surface area contributed by atoms with Gasteiger partial charge in [-0.3, -0.25) is 9.63 Å². The number of anilines is 1. The fourth-order valence-electron chi connectivity index (χ4n) is 1.08. The Hall–Kier alpha value is -2.08. The molecule has 0 heterocycles. The highest BCUT2D eigenvalue weighted by molar-refractivity contribution is 5.88. The molecule has 1 aromatic carbocycles. The zero-order valence-corrected chi connectivity index (χ0v) is 9.89. The van der Waals surface area contributed by atoms with Crippen LogP contribution in [0.25, 0.3) is 0 Å². The monoisotopic (exact) mass is 238 g/mol. The first-order valence-electron chi connectivity index (χ1n) is 4.90. The Morgan fingerprint density at radius 3 is 2.65 bits per heavy atom. The summed E-state index contributed by atoms with van der Waals surface area (Å²) in [6.45, 7) is 1.40. The van der Waals surface area contributed by atoms with Crippen molar-refractivity contribution in [2.75, 3.05) is 19.5 Å². The Balaban J connectivity index is 2.72. The molecule has 0 spiro atoms. The molecule has 0 aliphatic heterocycles. The number of carbonyl (C=O) groups excluding carboxylic acids is 2. The van der Waals surface area contributed by atoms with Crippen LogP contribution in [-0.4, -0.2) is 31.2 Å². The second-order valence-electron chi connectivity index (χ2n) is 3.26. The normalized spacial score (nSPS) is 9.59. The lowest BCUT2D eigenvalue weighted by Crippen LogP contribution is -2.28. The zero-order chi connectivity index (χ0) is 12.8. The maximum absolute atomic E-state index is 11.4. The SMILES string of the molecule is CON(C)C(=O)Oc1cccc(NC(C)=O)c1. The fraction of sp³-hybridized carbons (Fsp3) is 0.273. The van der Waals surface area contributed by atoms with Gasteiger partial charge in [0.2, 0.25) is 5.91 Å². The number of rotatable bonds is 3. The van der Waals surface area contributed by atoms with Gasteiger partial charge in [0.1, 0.15) is 5.75 Å². The minimum Gasteiger partial charge on any atom is -0.409 e. The van der Waals surface area contributed by atoms with E-state index >= 15 is 0 Å². The van der Waals surface area contributed by atoms with Crippen LogP contribution in [0.5, 0.6) is 5.75 Å². The molecule has 0 unspecified atom stereocenters. The number of carbonyl (C=O) groups is 2. The Morgan fingerprint density at radius 1 is 1.35 bits per heavy atom. The Kier molecular flexibility index (Phi) is 4.47. The molecule has 17 heavy (non-hydrogen) atoms. The summed E-state index contributed by atoms with van der Waals surface area (Å²) in [5.74, 6) is 0.132. The summed E-state index contributed by atoms with van der Waals surface area (Å²) in [7, 11) is 2.79. The second-order valence-corrected chi connectivity index (χ2v) is 3.26. The fourth-order valence-corrected chi connectivity index (χ4v) is 1.08. The predicted molar refractivity (Wildman–Crippen MR) is 61.5 cm³/mol. The van der Waals surface area contributed by atoms with Crippen molar-refractivity contribution in [3.63, 3.8) is 0 Å². The third kappa shape index (κ3) is 4.12. The first-order chi connectivity index (χ1) is 8.02. The molecule has 1 N–H and O–H groups in total. The number of amides is 2. The highest BCUT2D eigenvalue weighted by Crippen LogP contribution is 2.17. The molecule has 0 fully saturated rings. The molecule has 1 aromatic rings. The molecule has 0 aliphatic carbocycles. The number of hydrogen-bond donors (Lipinski definition) is 1. The van der Waals surface area contributed by atoms with Gasteiger partial charge in [-0.05, 0) is 12.1 Å². The average Bonchev–Trinajstić information content (AvgIpc) is 2.27. The molecule has 0 saturated heterocycles. The summed E-state index contributed by atoms with van der Waals surface area (Å²) in [5, 5.41) is 3.54. The van der Waals surface area contributed by atoms with Gasteiger partial charge in [0.25, 0.3) is 0 Å².